The molecule has 1 atom stereocenters. The van der Waals surface area contributed by atoms with Crippen LogP contribution in [0, 0.1) is 18.3 Å². The van der Waals surface area contributed by atoms with Gasteiger partial charge in [0.1, 0.15) is 6.07 Å². The van der Waals surface area contributed by atoms with E-state index < -0.39 is 0 Å². The van der Waals surface area contributed by atoms with Crippen LogP contribution in [0.1, 0.15) is 25.0 Å². The van der Waals surface area contributed by atoms with Gasteiger partial charge in [0.2, 0.25) is 0 Å². The first-order valence-corrected chi connectivity index (χ1v) is 6.42. The molecule has 1 aromatic rings. The summed E-state index contributed by atoms with van der Waals surface area (Å²) in [6, 6.07) is 8.60. The standard InChI is InChI=1S/C15H23N3/c1-6-18(13(3)11-17(4)5)15-12(2)8-7-9-14(15)10-16/h7-9,13H,6,11H2,1-5H3. The molecule has 0 amide bonds. The number of rotatable bonds is 5. The van der Waals surface area contributed by atoms with Crippen molar-refractivity contribution in [2.75, 3.05) is 32.1 Å². The molecule has 0 aromatic heterocycles. The lowest BCUT2D eigenvalue weighted by molar-refractivity contribution is 0.373. The van der Waals surface area contributed by atoms with E-state index >= 15 is 0 Å². The Balaban J connectivity index is 3.13. The van der Waals surface area contributed by atoms with E-state index in [0.29, 0.717) is 6.04 Å². The van der Waals surface area contributed by atoms with Crippen LogP contribution < -0.4 is 4.90 Å². The van der Waals surface area contributed by atoms with Gasteiger partial charge >= 0.3 is 0 Å². The van der Waals surface area contributed by atoms with Crippen LogP contribution in [0.4, 0.5) is 5.69 Å². The summed E-state index contributed by atoms with van der Waals surface area (Å²) in [7, 11) is 4.15. The molecule has 0 radical (unpaired) electrons. The maximum absolute atomic E-state index is 9.26. The quantitative estimate of drug-likeness (QED) is 0.799. The highest BCUT2D eigenvalue weighted by molar-refractivity contribution is 5.64. The molecule has 0 saturated carbocycles. The highest BCUT2D eigenvalue weighted by Crippen LogP contribution is 2.26. The Bertz CT molecular complexity index is 432. The molecular weight excluding hydrogens is 222 g/mol. The summed E-state index contributed by atoms with van der Waals surface area (Å²) in [4.78, 5) is 4.49. The van der Waals surface area contributed by atoms with Crippen LogP contribution in [0.2, 0.25) is 0 Å². The number of hydrogen-bond acceptors (Lipinski definition) is 3. The fraction of sp³-hybridized carbons (Fsp3) is 0.533. The number of aryl methyl sites for hydroxylation is 1. The summed E-state index contributed by atoms with van der Waals surface area (Å²) in [5.41, 5.74) is 3.01. The molecule has 0 heterocycles. The third kappa shape index (κ3) is 3.24. The predicted molar refractivity (Wildman–Crippen MR) is 76.9 cm³/mol. The Morgan fingerprint density at radius 2 is 2.00 bits per heavy atom. The summed E-state index contributed by atoms with van der Waals surface area (Å²) in [5, 5.41) is 9.26. The van der Waals surface area contributed by atoms with Crippen LogP contribution in [0.5, 0.6) is 0 Å². The van der Waals surface area contributed by atoms with Gasteiger partial charge in [-0.2, -0.15) is 5.26 Å². The van der Waals surface area contributed by atoms with Crippen molar-refractivity contribution in [2.24, 2.45) is 0 Å². The highest BCUT2D eigenvalue weighted by Gasteiger charge is 2.18. The predicted octanol–water partition coefficient (Wildman–Crippen LogP) is 2.64. The minimum absolute atomic E-state index is 0.387. The van der Waals surface area contributed by atoms with E-state index in [-0.39, 0.29) is 0 Å². The Labute approximate surface area is 111 Å². The van der Waals surface area contributed by atoms with Crippen molar-refractivity contribution in [3.63, 3.8) is 0 Å². The monoisotopic (exact) mass is 245 g/mol. The maximum Gasteiger partial charge on any atom is 0.101 e. The zero-order valence-electron chi connectivity index (χ0n) is 12.1. The summed E-state index contributed by atoms with van der Waals surface area (Å²) in [5.74, 6) is 0. The zero-order valence-corrected chi connectivity index (χ0v) is 12.1. The van der Waals surface area contributed by atoms with Gasteiger partial charge in [-0.3, -0.25) is 0 Å². The SMILES string of the molecule is CCN(c1c(C)cccc1C#N)C(C)CN(C)C. The molecule has 3 nitrogen and oxygen atoms in total. The largest absolute Gasteiger partial charge is 0.367 e. The van der Waals surface area contributed by atoms with E-state index in [2.05, 4.69) is 56.8 Å². The van der Waals surface area contributed by atoms with E-state index in [0.717, 1.165) is 24.3 Å². The number of anilines is 1. The average Bonchev–Trinajstić information content (AvgIpc) is 2.31. The topological polar surface area (TPSA) is 30.3 Å². The molecular formula is C15H23N3. The lowest BCUT2D eigenvalue weighted by Crippen LogP contribution is -2.40. The van der Waals surface area contributed by atoms with Crippen molar-refractivity contribution in [3.8, 4) is 6.07 Å². The first kappa shape index (κ1) is 14.5. The van der Waals surface area contributed by atoms with Gasteiger partial charge in [0, 0.05) is 19.1 Å². The van der Waals surface area contributed by atoms with E-state index in [1.165, 1.54) is 5.56 Å². The molecule has 0 saturated heterocycles. The van der Waals surface area contributed by atoms with Crippen molar-refractivity contribution in [2.45, 2.75) is 26.8 Å². The van der Waals surface area contributed by atoms with Gasteiger partial charge in [-0.15, -0.1) is 0 Å². The van der Waals surface area contributed by atoms with Gasteiger partial charge in [0.25, 0.3) is 0 Å². The molecule has 0 spiro atoms. The molecule has 1 rings (SSSR count). The van der Waals surface area contributed by atoms with Gasteiger partial charge < -0.3 is 9.80 Å². The van der Waals surface area contributed by atoms with E-state index in [9.17, 15) is 5.26 Å². The molecule has 3 heteroatoms. The molecule has 0 aliphatic rings. The van der Waals surface area contributed by atoms with Gasteiger partial charge in [0.05, 0.1) is 11.3 Å². The summed E-state index contributed by atoms with van der Waals surface area (Å²) in [6.45, 7) is 8.31. The van der Waals surface area contributed by atoms with E-state index in [4.69, 9.17) is 0 Å². The number of likely N-dealkylation sites (N-methyl/N-ethyl adjacent to an activating group) is 2. The van der Waals surface area contributed by atoms with Gasteiger partial charge in [-0.25, -0.2) is 0 Å². The van der Waals surface area contributed by atoms with Crippen molar-refractivity contribution in [3.05, 3.63) is 29.3 Å². The van der Waals surface area contributed by atoms with Gasteiger partial charge in [-0.1, -0.05) is 12.1 Å². The van der Waals surface area contributed by atoms with Gasteiger partial charge in [0.15, 0.2) is 0 Å². The molecule has 1 aromatic carbocycles. The van der Waals surface area contributed by atoms with Crippen molar-refractivity contribution >= 4 is 5.69 Å². The Kier molecular flexibility index (Phi) is 5.18. The Morgan fingerprint density at radius 3 is 2.50 bits per heavy atom. The number of nitrogens with zero attached hydrogens (tertiary/aromatic N) is 3. The van der Waals surface area contributed by atoms with Crippen LogP contribution in [-0.4, -0.2) is 38.1 Å². The fourth-order valence-electron chi connectivity index (χ4n) is 2.45. The van der Waals surface area contributed by atoms with Crippen LogP contribution in [0.15, 0.2) is 18.2 Å². The normalized spacial score (nSPS) is 12.3. The van der Waals surface area contributed by atoms with Crippen molar-refractivity contribution in [1.29, 1.82) is 5.26 Å². The second kappa shape index (κ2) is 6.42. The van der Waals surface area contributed by atoms with Crippen LogP contribution in [-0.2, 0) is 0 Å². The lowest BCUT2D eigenvalue weighted by Gasteiger charge is -2.33. The molecule has 98 valence electrons. The van der Waals surface area contributed by atoms with Crippen molar-refractivity contribution < 1.29 is 0 Å². The average molecular weight is 245 g/mol. The summed E-state index contributed by atoms with van der Waals surface area (Å²) >= 11 is 0. The maximum atomic E-state index is 9.26. The smallest absolute Gasteiger partial charge is 0.101 e. The zero-order chi connectivity index (χ0) is 13.7. The van der Waals surface area contributed by atoms with Crippen LogP contribution in [0.3, 0.4) is 0 Å². The second-order valence-electron chi connectivity index (χ2n) is 4.98. The number of hydrogen-bond donors (Lipinski definition) is 0. The third-order valence-electron chi connectivity index (χ3n) is 3.15. The molecule has 0 N–H and O–H groups in total. The summed E-state index contributed by atoms with van der Waals surface area (Å²) < 4.78 is 0. The minimum atomic E-state index is 0.387. The summed E-state index contributed by atoms with van der Waals surface area (Å²) in [6.07, 6.45) is 0. The van der Waals surface area contributed by atoms with Crippen LogP contribution >= 0.6 is 0 Å². The number of para-hydroxylation sites is 1. The molecule has 0 fully saturated rings. The number of nitriles is 1. The fourth-order valence-corrected chi connectivity index (χ4v) is 2.45. The lowest BCUT2D eigenvalue weighted by atomic mass is 10.1. The molecule has 18 heavy (non-hydrogen) atoms. The van der Waals surface area contributed by atoms with Gasteiger partial charge in [-0.05, 0) is 46.5 Å². The van der Waals surface area contributed by atoms with E-state index in [1.54, 1.807) is 0 Å². The highest BCUT2D eigenvalue weighted by atomic mass is 15.2. The van der Waals surface area contributed by atoms with E-state index in [1.807, 2.05) is 12.1 Å². The molecule has 1 unspecified atom stereocenters. The minimum Gasteiger partial charge on any atom is -0.367 e. The van der Waals surface area contributed by atoms with Crippen LogP contribution in [0.25, 0.3) is 0 Å². The first-order valence-electron chi connectivity index (χ1n) is 6.42. The number of benzene rings is 1. The molecule has 0 bridgehead atoms. The Hall–Kier alpha value is -1.53. The molecule has 0 aliphatic heterocycles. The van der Waals surface area contributed by atoms with Crippen molar-refractivity contribution in [1.82, 2.24) is 4.90 Å². The Morgan fingerprint density at radius 1 is 1.33 bits per heavy atom. The first-order chi connectivity index (χ1) is 8.51. The molecule has 0 aliphatic carbocycles. The second-order valence-corrected chi connectivity index (χ2v) is 4.98. The third-order valence-corrected chi connectivity index (χ3v) is 3.15.